The summed E-state index contributed by atoms with van der Waals surface area (Å²) in [4.78, 5) is 12.2. The number of carbonyl (C=O) groups is 1. The molecular weight excluding hydrogens is 296 g/mol. The maximum absolute atomic E-state index is 12.2. The van der Waals surface area contributed by atoms with E-state index in [1.807, 2.05) is 13.8 Å². The summed E-state index contributed by atoms with van der Waals surface area (Å²) < 4.78 is 10.3. The van der Waals surface area contributed by atoms with Crippen LogP contribution in [0.3, 0.4) is 0 Å². The number of hydrogen-bond acceptors (Lipinski definition) is 5. The number of ether oxygens (including phenoxy) is 2. The molecule has 5 nitrogen and oxygen atoms in total. The Morgan fingerprint density at radius 1 is 1.48 bits per heavy atom. The number of esters is 1. The summed E-state index contributed by atoms with van der Waals surface area (Å²) in [6.07, 6.45) is -0.700. The molecule has 0 spiro atoms. The lowest BCUT2D eigenvalue weighted by atomic mass is 9.67. The van der Waals surface area contributed by atoms with E-state index in [9.17, 15) is 15.0 Å². The molecule has 21 heavy (non-hydrogen) atoms. The molecule has 1 aliphatic rings. The fraction of sp³-hybridized carbons (Fsp3) is 0.533. The van der Waals surface area contributed by atoms with Gasteiger partial charge in [0.25, 0.3) is 0 Å². The third kappa shape index (κ3) is 2.68. The Labute approximate surface area is 128 Å². The SMILES string of the molecule is COc1cc(O)c(C(=O)O[C@@H]2CC(C)(C)C2O)c(C)c1Cl. The lowest BCUT2D eigenvalue weighted by Crippen LogP contribution is -2.54. The standard InChI is InChI=1S/C15H19ClO5/c1-7-11(8(17)5-9(20-4)12(7)16)14(19)21-10-6-15(2,3)13(10)18/h5,10,13,17-18H,6H2,1-4H3/t10-,13?/m1/s1. The predicted molar refractivity (Wildman–Crippen MR) is 78.0 cm³/mol. The summed E-state index contributed by atoms with van der Waals surface area (Å²) in [7, 11) is 1.42. The number of hydrogen-bond donors (Lipinski definition) is 2. The number of aliphatic hydroxyl groups excluding tert-OH is 1. The van der Waals surface area contributed by atoms with Crippen molar-refractivity contribution in [3.63, 3.8) is 0 Å². The topological polar surface area (TPSA) is 76.0 Å². The third-order valence-electron chi connectivity index (χ3n) is 4.01. The Kier molecular flexibility index (Phi) is 4.08. The van der Waals surface area contributed by atoms with Crippen LogP contribution in [0.2, 0.25) is 5.02 Å². The number of aromatic hydroxyl groups is 1. The summed E-state index contributed by atoms with van der Waals surface area (Å²) in [5, 5.41) is 20.1. The molecule has 0 saturated heterocycles. The van der Waals surface area contributed by atoms with Gasteiger partial charge in [-0.1, -0.05) is 25.4 Å². The first kappa shape index (κ1) is 15.9. The van der Waals surface area contributed by atoms with Gasteiger partial charge in [0, 0.05) is 6.07 Å². The fourth-order valence-electron chi connectivity index (χ4n) is 2.55. The van der Waals surface area contributed by atoms with E-state index in [0.717, 1.165) is 0 Å². The Balaban J connectivity index is 2.23. The first-order chi connectivity index (χ1) is 9.69. The van der Waals surface area contributed by atoms with Gasteiger partial charge in [0.05, 0.1) is 18.2 Å². The van der Waals surface area contributed by atoms with Gasteiger partial charge in [-0.15, -0.1) is 0 Å². The zero-order chi connectivity index (χ0) is 15.9. The molecule has 6 heteroatoms. The molecule has 0 radical (unpaired) electrons. The molecule has 0 aromatic heterocycles. The van der Waals surface area contributed by atoms with Crippen molar-refractivity contribution in [1.82, 2.24) is 0 Å². The minimum Gasteiger partial charge on any atom is -0.507 e. The van der Waals surface area contributed by atoms with Crippen molar-refractivity contribution in [2.45, 2.75) is 39.4 Å². The van der Waals surface area contributed by atoms with Gasteiger partial charge >= 0.3 is 5.97 Å². The molecule has 1 unspecified atom stereocenters. The number of phenolic OH excluding ortho intramolecular Hbond substituents is 1. The van der Waals surface area contributed by atoms with Gasteiger partial charge in [0.2, 0.25) is 0 Å². The van der Waals surface area contributed by atoms with Crippen LogP contribution in [0, 0.1) is 12.3 Å². The second-order valence-corrected chi connectivity index (χ2v) is 6.37. The van der Waals surface area contributed by atoms with E-state index in [4.69, 9.17) is 21.1 Å². The van der Waals surface area contributed by atoms with Crippen molar-refractivity contribution in [2.24, 2.45) is 5.41 Å². The normalized spacial score (nSPS) is 23.3. The Morgan fingerprint density at radius 2 is 2.10 bits per heavy atom. The van der Waals surface area contributed by atoms with Crippen LogP contribution in [0.5, 0.6) is 11.5 Å². The highest BCUT2D eigenvalue weighted by Gasteiger charge is 2.49. The predicted octanol–water partition coefficient (Wildman–Crippen LogP) is 2.68. The number of halogens is 1. The van der Waals surface area contributed by atoms with Crippen molar-refractivity contribution < 1.29 is 24.5 Å². The van der Waals surface area contributed by atoms with Gasteiger partial charge in [-0.05, 0) is 24.3 Å². The maximum Gasteiger partial charge on any atom is 0.342 e. The Bertz CT molecular complexity index is 582. The molecule has 2 atom stereocenters. The zero-order valence-corrected chi connectivity index (χ0v) is 13.2. The van der Waals surface area contributed by atoms with Gasteiger partial charge in [0.1, 0.15) is 23.2 Å². The molecular formula is C15H19ClO5. The number of carbonyl (C=O) groups excluding carboxylic acids is 1. The molecule has 1 fully saturated rings. The highest BCUT2D eigenvalue weighted by Crippen LogP contribution is 2.43. The fourth-order valence-corrected chi connectivity index (χ4v) is 2.77. The number of methoxy groups -OCH3 is 1. The quantitative estimate of drug-likeness (QED) is 0.839. The van der Waals surface area contributed by atoms with E-state index in [-0.39, 0.29) is 27.5 Å². The average molecular weight is 315 g/mol. The molecule has 0 aliphatic heterocycles. The van der Waals surface area contributed by atoms with Crippen LogP contribution in [0.4, 0.5) is 0 Å². The van der Waals surface area contributed by atoms with E-state index in [0.29, 0.717) is 12.0 Å². The lowest BCUT2D eigenvalue weighted by molar-refractivity contribution is -0.150. The molecule has 0 heterocycles. The second kappa shape index (κ2) is 5.39. The van der Waals surface area contributed by atoms with Crippen LogP contribution >= 0.6 is 11.6 Å². The van der Waals surface area contributed by atoms with Crippen molar-refractivity contribution in [1.29, 1.82) is 0 Å². The Morgan fingerprint density at radius 3 is 2.57 bits per heavy atom. The van der Waals surface area contributed by atoms with E-state index < -0.39 is 18.2 Å². The van der Waals surface area contributed by atoms with Crippen LogP contribution in [-0.2, 0) is 4.74 Å². The van der Waals surface area contributed by atoms with Crippen molar-refractivity contribution in [3.8, 4) is 11.5 Å². The molecule has 2 rings (SSSR count). The van der Waals surface area contributed by atoms with Gasteiger partial charge in [-0.3, -0.25) is 0 Å². The number of aliphatic hydroxyl groups is 1. The van der Waals surface area contributed by atoms with E-state index in [2.05, 4.69) is 0 Å². The van der Waals surface area contributed by atoms with Crippen LogP contribution in [0.15, 0.2) is 6.07 Å². The monoisotopic (exact) mass is 314 g/mol. The van der Waals surface area contributed by atoms with Crippen LogP contribution in [0.1, 0.15) is 36.2 Å². The first-order valence-electron chi connectivity index (χ1n) is 6.64. The summed E-state index contributed by atoms with van der Waals surface area (Å²) in [5.74, 6) is -0.672. The lowest BCUT2D eigenvalue weighted by Gasteiger charge is -2.47. The van der Waals surface area contributed by atoms with Crippen molar-refractivity contribution >= 4 is 17.6 Å². The number of phenols is 1. The van der Waals surface area contributed by atoms with Crippen molar-refractivity contribution in [3.05, 3.63) is 22.2 Å². The van der Waals surface area contributed by atoms with Gasteiger partial charge in [-0.25, -0.2) is 4.79 Å². The second-order valence-electron chi connectivity index (χ2n) is 5.99. The summed E-state index contributed by atoms with van der Waals surface area (Å²) in [5.41, 5.74) is 0.115. The minimum atomic E-state index is -0.711. The van der Waals surface area contributed by atoms with Gasteiger partial charge in [-0.2, -0.15) is 0 Å². The summed E-state index contributed by atoms with van der Waals surface area (Å²) in [6, 6.07) is 1.27. The Hall–Kier alpha value is -1.46. The van der Waals surface area contributed by atoms with E-state index in [1.54, 1.807) is 6.92 Å². The molecule has 1 aromatic carbocycles. The summed E-state index contributed by atoms with van der Waals surface area (Å²) >= 11 is 6.08. The number of benzene rings is 1. The highest BCUT2D eigenvalue weighted by atomic mass is 35.5. The van der Waals surface area contributed by atoms with Gasteiger partial charge < -0.3 is 19.7 Å². The van der Waals surface area contributed by atoms with Gasteiger partial charge in [0.15, 0.2) is 0 Å². The van der Waals surface area contributed by atoms with Crippen LogP contribution in [0.25, 0.3) is 0 Å². The van der Waals surface area contributed by atoms with Crippen molar-refractivity contribution in [2.75, 3.05) is 7.11 Å². The molecule has 116 valence electrons. The molecule has 0 amide bonds. The molecule has 1 aromatic rings. The molecule has 0 bridgehead atoms. The number of rotatable bonds is 3. The highest BCUT2D eigenvalue weighted by molar-refractivity contribution is 6.33. The average Bonchev–Trinajstić information content (AvgIpc) is 2.41. The van der Waals surface area contributed by atoms with Crippen LogP contribution < -0.4 is 4.74 Å². The molecule has 1 aliphatic carbocycles. The minimum absolute atomic E-state index is 0.00212. The first-order valence-corrected chi connectivity index (χ1v) is 7.02. The third-order valence-corrected chi connectivity index (χ3v) is 4.48. The van der Waals surface area contributed by atoms with E-state index >= 15 is 0 Å². The molecule has 1 saturated carbocycles. The summed E-state index contributed by atoms with van der Waals surface area (Å²) in [6.45, 7) is 5.40. The largest absolute Gasteiger partial charge is 0.507 e. The molecule has 2 N–H and O–H groups in total. The van der Waals surface area contributed by atoms with E-state index in [1.165, 1.54) is 13.2 Å². The smallest absolute Gasteiger partial charge is 0.342 e. The van der Waals surface area contributed by atoms with Crippen LogP contribution in [-0.4, -0.2) is 35.5 Å². The zero-order valence-electron chi connectivity index (χ0n) is 12.4. The maximum atomic E-state index is 12.2.